The van der Waals surface area contributed by atoms with Gasteiger partial charge in [-0.1, -0.05) is 29.3 Å². The molecule has 0 unspecified atom stereocenters. The fraction of sp³-hybridized carbons (Fsp3) is 0.375. The van der Waals surface area contributed by atoms with E-state index >= 15 is 0 Å². The van der Waals surface area contributed by atoms with E-state index in [0.29, 0.717) is 6.54 Å². The van der Waals surface area contributed by atoms with Crippen molar-refractivity contribution in [3.05, 3.63) is 52.8 Å². The number of nitrogens with one attached hydrogen (secondary N) is 2. The predicted octanol–water partition coefficient (Wildman–Crippen LogP) is 2.60. The molecular weight excluding hydrogens is 264 g/mol. The lowest BCUT2D eigenvalue weighted by Crippen LogP contribution is -2.36. The molecule has 0 saturated carbocycles. The number of carbonyl (C=O) groups excluding carboxylic acids is 1. The molecule has 0 aliphatic rings. The molecule has 112 valence electrons. The van der Waals surface area contributed by atoms with Crippen molar-refractivity contribution in [2.24, 2.45) is 7.05 Å². The van der Waals surface area contributed by atoms with Crippen LogP contribution in [0.5, 0.6) is 0 Å². The van der Waals surface area contributed by atoms with Crippen molar-refractivity contribution < 1.29 is 4.79 Å². The van der Waals surface area contributed by atoms with Gasteiger partial charge in [0.25, 0.3) is 0 Å². The quantitative estimate of drug-likeness (QED) is 0.907. The largest absolute Gasteiger partial charge is 0.334 e. The van der Waals surface area contributed by atoms with Crippen molar-refractivity contribution in [2.45, 2.75) is 33.4 Å². The van der Waals surface area contributed by atoms with Gasteiger partial charge >= 0.3 is 6.03 Å². The lowest BCUT2D eigenvalue weighted by atomic mass is 10.0. The molecule has 2 amide bonds. The van der Waals surface area contributed by atoms with Crippen LogP contribution in [0.4, 0.5) is 4.79 Å². The van der Waals surface area contributed by atoms with Crippen LogP contribution in [0.2, 0.25) is 0 Å². The molecule has 1 heterocycles. The molecule has 0 radical (unpaired) electrons. The highest BCUT2D eigenvalue weighted by atomic mass is 16.2. The minimum Gasteiger partial charge on any atom is -0.334 e. The summed E-state index contributed by atoms with van der Waals surface area (Å²) in [7, 11) is 1.85. The third kappa shape index (κ3) is 4.34. The van der Waals surface area contributed by atoms with Crippen LogP contribution >= 0.6 is 0 Å². The van der Waals surface area contributed by atoms with Crippen molar-refractivity contribution in [3.8, 4) is 0 Å². The highest BCUT2D eigenvalue weighted by molar-refractivity contribution is 5.74. The number of aryl methyl sites for hydroxylation is 3. The number of amides is 2. The molecular formula is C16H22N4O. The van der Waals surface area contributed by atoms with Crippen LogP contribution in [0.25, 0.3) is 0 Å². The predicted molar refractivity (Wildman–Crippen MR) is 82.9 cm³/mol. The molecule has 1 aromatic heterocycles. The fourth-order valence-corrected chi connectivity index (χ4v) is 2.34. The zero-order valence-corrected chi connectivity index (χ0v) is 13.0. The van der Waals surface area contributed by atoms with Gasteiger partial charge in [-0.2, -0.15) is 5.10 Å². The van der Waals surface area contributed by atoms with E-state index in [-0.39, 0.29) is 12.1 Å². The van der Waals surface area contributed by atoms with E-state index in [1.54, 1.807) is 10.9 Å². The minimum absolute atomic E-state index is 0.0301. The maximum Gasteiger partial charge on any atom is 0.315 e. The normalized spacial score (nSPS) is 12.0. The second-order valence-electron chi connectivity index (χ2n) is 5.49. The standard InChI is InChI=1S/C16H22N4O/c1-11-5-12(2)7-15(6-11)13(3)19-16(21)17-8-14-9-18-20(4)10-14/h5-7,9-10,13H,8H2,1-4H3,(H2,17,19,21)/t13-/m1/s1. The SMILES string of the molecule is Cc1cc(C)cc([C@@H](C)NC(=O)NCc2cnn(C)c2)c1. The maximum absolute atomic E-state index is 11.9. The Bertz CT molecular complexity index is 613. The second kappa shape index (κ2) is 6.43. The molecule has 2 N–H and O–H groups in total. The molecule has 0 aliphatic heterocycles. The average molecular weight is 286 g/mol. The topological polar surface area (TPSA) is 59.0 Å². The molecule has 2 aromatic rings. The van der Waals surface area contributed by atoms with Crippen LogP contribution in [0.1, 0.15) is 35.2 Å². The van der Waals surface area contributed by atoms with E-state index in [0.717, 1.165) is 11.1 Å². The van der Waals surface area contributed by atoms with Gasteiger partial charge in [-0.3, -0.25) is 4.68 Å². The lowest BCUT2D eigenvalue weighted by Gasteiger charge is -2.16. The number of hydrogen-bond acceptors (Lipinski definition) is 2. The first-order valence-corrected chi connectivity index (χ1v) is 7.04. The van der Waals surface area contributed by atoms with Crippen LogP contribution in [0, 0.1) is 13.8 Å². The molecule has 0 bridgehead atoms. The van der Waals surface area contributed by atoms with Crippen LogP contribution in [0.15, 0.2) is 30.6 Å². The van der Waals surface area contributed by atoms with Crippen molar-refractivity contribution in [3.63, 3.8) is 0 Å². The summed E-state index contributed by atoms with van der Waals surface area (Å²) in [5.41, 5.74) is 4.50. The molecule has 1 aromatic carbocycles. The lowest BCUT2D eigenvalue weighted by molar-refractivity contribution is 0.237. The minimum atomic E-state index is -0.175. The third-order valence-corrected chi connectivity index (χ3v) is 3.30. The molecule has 5 heteroatoms. The van der Waals surface area contributed by atoms with E-state index in [4.69, 9.17) is 0 Å². The summed E-state index contributed by atoms with van der Waals surface area (Å²) in [6.07, 6.45) is 3.63. The number of hydrogen-bond donors (Lipinski definition) is 2. The molecule has 0 fully saturated rings. The molecule has 0 spiro atoms. The van der Waals surface area contributed by atoms with Gasteiger partial charge in [0.15, 0.2) is 0 Å². The first-order chi connectivity index (χ1) is 9.94. The Hall–Kier alpha value is -2.30. The van der Waals surface area contributed by atoms with Gasteiger partial charge in [-0.15, -0.1) is 0 Å². The Balaban J connectivity index is 1.89. The molecule has 1 atom stereocenters. The van der Waals surface area contributed by atoms with Gasteiger partial charge in [0.1, 0.15) is 0 Å². The molecule has 0 aliphatic carbocycles. The number of aromatic nitrogens is 2. The Morgan fingerprint density at radius 2 is 1.95 bits per heavy atom. The monoisotopic (exact) mass is 286 g/mol. The summed E-state index contributed by atoms with van der Waals surface area (Å²) in [5.74, 6) is 0. The zero-order valence-electron chi connectivity index (χ0n) is 13.0. The smallest absolute Gasteiger partial charge is 0.315 e. The summed E-state index contributed by atoms with van der Waals surface area (Å²) >= 11 is 0. The summed E-state index contributed by atoms with van der Waals surface area (Å²) in [6, 6.07) is 6.11. The number of rotatable bonds is 4. The third-order valence-electron chi connectivity index (χ3n) is 3.30. The number of urea groups is 1. The van der Waals surface area contributed by atoms with Crippen LogP contribution in [0.3, 0.4) is 0 Å². The fourth-order valence-electron chi connectivity index (χ4n) is 2.34. The van der Waals surface area contributed by atoms with Crippen LogP contribution in [-0.2, 0) is 13.6 Å². The van der Waals surface area contributed by atoms with Crippen molar-refractivity contribution in [2.75, 3.05) is 0 Å². The number of carbonyl (C=O) groups is 1. The summed E-state index contributed by atoms with van der Waals surface area (Å²) in [5, 5.41) is 9.86. The first-order valence-electron chi connectivity index (χ1n) is 7.04. The number of benzene rings is 1. The Morgan fingerprint density at radius 3 is 2.52 bits per heavy atom. The zero-order chi connectivity index (χ0) is 15.4. The maximum atomic E-state index is 11.9. The summed E-state index contributed by atoms with van der Waals surface area (Å²) in [6.45, 7) is 6.58. The van der Waals surface area contributed by atoms with E-state index in [9.17, 15) is 4.79 Å². The molecule has 2 rings (SSSR count). The van der Waals surface area contributed by atoms with Gasteiger partial charge in [-0.25, -0.2) is 4.79 Å². The molecule has 5 nitrogen and oxygen atoms in total. The van der Waals surface area contributed by atoms with E-state index in [1.165, 1.54) is 11.1 Å². The molecule has 0 saturated heterocycles. The summed E-state index contributed by atoms with van der Waals surface area (Å²) < 4.78 is 1.72. The Kier molecular flexibility index (Phi) is 4.62. The highest BCUT2D eigenvalue weighted by Gasteiger charge is 2.10. The highest BCUT2D eigenvalue weighted by Crippen LogP contribution is 2.16. The van der Waals surface area contributed by atoms with Gasteiger partial charge in [0.2, 0.25) is 0 Å². The molecule has 21 heavy (non-hydrogen) atoms. The van der Waals surface area contributed by atoms with Crippen molar-refractivity contribution >= 4 is 6.03 Å². The van der Waals surface area contributed by atoms with E-state index in [1.807, 2.05) is 20.2 Å². The van der Waals surface area contributed by atoms with Crippen molar-refractivity contribution in [1.82, 2.24) is 20.4 Å². The number of nitrogens with zero attached hydrogens (tertiary/aromatic N) is 2. The Labute approximate surface area is 125 Å². The Morgan fingerprint density at radius 1 is 1.29 bits per heavy atom. The second-order valence-corrected chi connectivity index (χ2v) is 5.49. The first kappa shape index (κ1) is 15.1. The van der Waals surface area contributed by atoms with Gasteiger partial charge in [-0.05, 0) is 26.3 Å². The van der Waals surface area contributed by atoms with Gasteiger partial charge < -0.3 is 10.6 Å². The van der Waals surface area contributed by atoms with E-state index < -0.39 is 0 Å². The van der Waals surface area contributed by atoms with E-state index in [2.05, 4.69) is 47.8 Å². The summed E-state index contributed by atoms with van der Waals surface area (Å²) in [4.78, 5) is 11.9. The van der Waals surface area contributed by atoms with Crippen LogP contribution < -0.4 is 10.6 Å². The van der Waals surface area contributed by atoms with Gasteiger partial charge in [0, 0.05) is 25.4 Å². The van der Waals surface area contributed by atoms with Gasteiger partial charge in [0.05, 0.1) is 12.2 Å². The van der Waals surface area contributed by atoms with Crippen LogP contribution in [-0.4, -0.2) is 15.8 Å². The van der Waals surface area contributed by atoms with Crippen molar-refractivity contribution in [1.29, 1.82) is 0 Å². The average Bonchev–Trinajstić information content (AvgIpc) is 2.81.